The van der Waals surface area contributed by atoms with Gasteiger partial charge in [0.1, 0.15) is 5.82 Å². The lowest BCUT2D eigenvalue weighted by molar-refractivity contribution is -0.115. The van der Waals surface area contributed by atoms with Gasteiger partial charge in [0.25, 0.3) is 10.0 Å². The highest BCUT2D eigenvalue weighted by atomic mass is 32.2. The predicted molar refractivity (Wildman–Crippen MR) is 124 cm³/mol. The first-order chi connectivity index (χ1) is 15.3. The average molecular weight is 451 g/mol. The molecule has 1 unspecified atom stereocenters. The van der Waals surface area contributed by atoms with Crippen molar-refractivity contribution >= 4 is 27.2 Å². The van der Waals surface area contributed by atoms with Crippen LogP contribution in [-0.4, -0.2) is 14.2 Å². The Bertz CT molecular complexity index is 1270. The average Bonchev–Trinajstić information content (AvgIpc) is 2.75. The third-order valence-corrected chi connectivity index (χ3v) is 6.77. The maximum Gasteiger partial charge on any atom is 0.261 e. The number of hydrogen-bond donors (Lipinski definition) is 2. The fourth-order valence-corrected chi connectivity index (χ4v) is 4.81. The molecule has 3 aromatic rings. The molecule has 0 amide bonds. The minimum absolute atomic E-state index is 0.0363. The fourth-order valence-electron chi connectivity index (χ4n) is 3.73. The van der Waals surface area contributed by atoms with Crippen molar-refractivity contribution in [3.05, 3.63) is 102 Å². The zero-order valence-electron chi connectivity index (χ0n) is 17.5. The normalized spacial score (nSPS) is 16.4. The van der Waals surface area contributed by atoms with Gasteiger partial charge in [-0.05, 0) is 61.2 Å². The molecule has 7 heteroatoms. The monoisotopic (exact) mass is 450 g/mol. The van der Waals surface area contributed by atoms with Crippen LogP contribution in [0.1, 0.15) is 29.9 Å². The van der Waals surface area contributed by atoms with E-state index in [0.717, 1.165) is 11.1 Å². The number of aryl methyl sites for hydroxylation is 1. The summed E-state index contributed by atoms with van der Waals surface area (Å²) >= 11 is 0. The highest BCUT2D eigenvalue weighted by molar-refractivity contribution is 7.92. The molecule has 1 aliphatic carbocycles. The second kappa shape index (κ2) is 8.96. The summed E-state index contributed by atoms with van der Waals surface area (Å²) in [6.07, 6.45) is 2.44. The van der Waals surface area contributed by atoms with Crippen molar-refractivity contribution in [3.8, 4) is 0 Å². The minimum Gasteiger partial charge on any atom is -0.357 e. The molecule has 164 valence electrons. The molecule has 0 radical (unpaired) electrons. The molecule has 0 heterocycles. The molecule has 5 nitrogen and oxygen atoms in total. The van der Waals surface area contributed by atoms with E-state index < -0.39 is 10.0 Å². The molecule has 0 fully saturated rings. The van der Waals surface area contributed by atoms with Gasteiger partial charge < -0.3 is 5.32 Å². The van der Waals surface area contributed by atoms with Crippen LogP contribution < -0.4 is 10.0 Å². The van der Waals surface area contributed by atoms with Crippen molar-refractivity contribution in [3.63, 3.8) is 0 Å². The van der Waals surface area contributed by atoms with Crippen LogP contribution >= 0.6 is 0 Å². The lowest BCUT2D eigenvalue weighted by Gasteiger charge is -2.24. The number of benzene rings is 3. The Balaban J connectivity index is 1.55. The molecule has 0 saturated heterocycles. The number of rotatable bonds is 6. The Hall–Kier alpha value is -3.45. The molecule has 0 saturated carbocycles. The SMILES string of the molecule is Cc1ccc(S(=O)(=O)Nc2ccccc2NC2=CC(=O)CC(c3ccc(F)cc3)C2)cc1. The molecule has 0 aromatic heterocycles. The van der Waals surface area contributed by atoms with Crippen LogP contribution in [0.25, 0.3) is 0 Å². The molecule has 0 bridgehead atoms. The van der Waals surface area contributed by atoms with Gasteiger partial charge in [-0.2, -0.15) is 0 Å². The van der Waals surface area contributed by atoms with Gasteiger partial charge in [-0.1, -0.05) is 42.0 Å². The standard InChI is InChI=1S/C25H23FN2O3S/c1-17-6-12-23(13-7-17)32(30,31)28-25-5-3-2-4-24(25)27-21-14-19(15-22(29)16-21)18-8-10-20(26)11-9-18/h2-13,16,19,27-28H,14-15H2,1H3. The van der Waals surface area contributed by atoms with Crippen molar-refractivity contribution in [2.75, 3.05) is 10.0 Å². The number of ketones is 1. The number of sulfonamides is 1. The van der Waals surface area contributed by atoms with Crippen LogP contribution in [0, 0.1) is 12.7 Å². The number of hydrogen-bond acceptors (Lipinski definition) is 4. The van der Waals surface area contributed by atoms with Crippen LogP contribution in [0.2, 0.25) is 0 Å². The summed E-state index contributed by atoms with van der Waals surface area (Å²) in [5.41, 5.74) is 3.46. The van der Waals surface area contributed by atoms with E-state index in [9.17, 15) is 17.6 Å². The maximum absolute atomic E-state index is 13.3. The van der Waals surface area contributed by atoms with E-state index in [-0.39, 0.29) is 22.4 Å². The summed E-state index contributed by atoms with van der Waals surface area (Å²) in [6, 6.07) is 19.7. The molecular formula is C25H23FN2O3S. The fraction of sp³-hybridized carbons (Fsp3) is 0.160. The van der Waals surface area contributed by atoms with E-state index in [1.807, 2.05) is 6.92 Å². The first kappa shape index (κ1) is 21.8. The molecule has 1 aliphatic rings. The van der Waals surface area contributed by atoms with E-state index in [0.29, 0.717) is 29.9 Å². The minimum atomic E-state index is -3.77. The first-order valence-corrected chi connectivity index (χ1v) is 11.7. The quantitative estimate of drug-likeness (QED) is 0.529. The Morgan fingerprint density at radius 3 is 2.22 bits per heavy atom. The zero-order valence-corrected chi connectivity index (χ0v) is 18.3. The second-order valence-electron chi connectivity index (χ2n) is 7.88. The number of carbonyl (C=O) groups is 1. The van der Waals surface area contributed by atoms with E-state index >= 15 is 0 Å². The number of carbonyl (C=O) groups excluding carboxylic acids is 1. The highest BCUT2D eigenvalue weighted by Gasteiger charge is 2.23. The molecule has 2 N–H and O–H groups in total. The number of halogens is 1. The number of allylic oxidation sites excluding steroid dienone is 2. The summed E-state index contributed by atoms with van der Waals surface area (Å²) in [5.74, 6) is -0.433. The third-order valence-electron chi connectivity index (χ3n) is 5.39. The van der Waals surface area contributed by atoms with Crippen molar-refractivity contribution in [1.29, 1.82) is 0 Å². The molecule has 1 atom stereocenters. The van der Waals surface area contributed by atoms with Gasteiger partial charge in [-0.15, -0.1) is 0 Å². The third kappa shape index (κ3) is 5.06. The van der Waals surface area contributed by atoms with E-state index in [1.54, 1.807) is 66.7 Å². The van der Waals surface area contributed by atoms with Crippen LogP contribution in [0.4, 0.5) is 15.8 Å². The zero-order chi connectivity index (χ0) is 22.7. The van der Waals surface area contributed by atoms with Gasteiger partial charge in [0.05, 0.1) is 16.3 Å². The van der Waals surface area contributed by atoms with Crippen LogP contribution in [-0.2, 0) is 14.8 Å². The van der Waals surface area contributed by atoms with Crippen molar-refractivity contribution in [2.45, 2.75) is 30.6 Å². The van der Waals surface area contributed by atoms with Crippen LogP contribution in [0.15, 0.2) is 89.5 Å². The number of anilines is 2. The van der Waals surface area contributed by atoms with Gasteiger partial charge >= 0.3 is 0 Å². The molecule has 3 aromatic carbocycles. The Kier molecular flexibility index (Phi) is 6.10. The number of nitrogens with one attached hydrogen (secondary N) is 2. The summed E-state index contributed by atoms with van der Waals surface area (Å²) < 4.78 is 41.6. The van der Waals surface area contributed by atoms with Gasteiger partial charge in [0.15, 0.2) is 5.78 Å². The molecule has 0 aliphatic heterocycles. The second-order valence-corrected chi connectivity index (χ2v) is 9.56. The summed E-state index contributed by atoms with van der Waals surface area (Å²) in [4.78, 5) is 12.5. The van der Waals surface area contributed by atoms with Gasteiger partial charge in [-0.3, -0.25) is 9.52 Å². The lowest BCUT2D eigenvalue weighted by atomic mass is 9.85. The maximum atomic E-state index is 13.3. The Morgan fingerprint density at radius 1 is 0.875 bits per heavy atom. The van der Waals surface area contributed by atoms with Crippen molar-refractivity contribution in [1.82, 2.24) is 0 Å². The van der Waals surface area contributed by atoms with Gasteiger partial charge in [0.2, 0.25) is 0 Å². The number of para-hydroxylation sites is 2. The van der Waals surface area contributed by atoms with Crippen LogP contribution in [0.3, 0.4) is 0 Å². The topological polar surface area (TPSA) is 75.3 Å². The van der Waals surface area contributed by atoms with Crippen molar-refractivity contribution < 1.29 is 17.6 Å². The lowest BCUT2D eigenvalue weighted by Crippen LogP contribution is -2.18. The summed E-state index contributed by atoms with van der Waals surface area (Å²) in [7, 11) is -3.77. The Labute approximate surface area is 187 Å². The first-order valence-electron chi connectivity index (χ1n) is 10.2. The summed E-state index contributed by atoms with van der Waals surface area (Å²) in [5, 5.41) is 3.21. The highest BCUT2D eigenvalue weighted by Crippen LogP contribution is 2.34. The molecule has 4 rings (SSSR count). The van der Waals surface area contributed by atoms with Gasteiger partial charge in [-0.25, -0.2) is 12.8 Å². The van der Waals surface area contributed by atoms with E-state index in [4.69, 9.17) is 0 Å². The largest absolute Gasteiger partial charge is 0.357 e. The van der Waals surface area contributed by atoms with Gasteiger partial charge in [0, 0.05) is 18.2 Å². The van der Waals surface area contributed by atoms with E-state index in [1.165, 1.54) is 12.1 Å². The molecular weight excluding hydrogens is 427 g/mol. The summed E-state index contributed by atoms with van der Waals surface area (Å²) in [6.45, 7) is 1.89. The predicted octanol–water partition coefficient (Wildman–Crippen LogP) is 5.38. The van der Waals surface area contributed by atoms with E-state index in [2.05, 4.69) is 10.0 Å². The Morgan fingerprint density at radius 2 is 1.53 bits per heavy atom. The van der Waals surface area contributed by atoms with Crippen molar-refractivity contribution in [2.24, 2.45) is 0 Å². The smallest absolute Gasteiger partial charge is 0.261 e. The molecule has 32 heavy (non-hydrogen) atoms. The van der Waals surface area contributed by atoms with Crippen LogP contribution in [0.5, 0.6) is 0 Å². The molecule has 0 spiro atoms.